The molecule has 1 nitrogen and oxygen atoms in total. The van der Waals surface area contributed by atoms with Gasteiger partial charge in [-0.15, -0.1) is 11.3 Å². The van der Waals surface area contributed by atoms with Crippen LogP contribution in [-0.4, -0.2) is 6.04 Å². The smallest absolute Gasteiger partial charge is 0.0218 e. The third-order valence-corrected chi connectivity index (χ3v) is 3.70. The monoisotopic (exact) mass is 197 g/mol. The van der Waals surface area contributed by atoms with Crippen LogP contribution in [0.15, 0.2) is 5.38 Å². The summed E-state index contributed by atoms with van der Waals surface area (Å²) in [6.45, 7) is 9.86. The first-order chi connectivity index (χ1) is 6.15. The average molecular weight is 197 g/mol. The molecular formula is C11H19NS. The highest BCUT2D eigenvalue weighted by Crippen LogP contribution is 2.20. The molecule has 0 aromatic carbocycles. The van der Waals surface area contributed by atoms with Crippen LogP contribution in [0.3, 0.4) is 0 Å². The molecule has 0 fully saturated rings. The van der Waals surface area contributed by atoms with Gasteiger partial charge in [0.2, 0.25) is 0 Å². The zero-order valence-electron chi connectivity index (χ0n) is 8.98. The molecule has 1 aromatic heterocycles. The lowest BCUT2D eigenvalue weighted by molar-refractivity contribution is 0.534. The first-order valence-electron chi connectivity index (χ1n) is 4.92. The Morgan fingerprint density at radius 2 is 2.15 bits per heavy atom. The van der Waals surface area contributed by atoms with E-state index in [4.69, 9.17) is 0 Å². The molecule has 1 atom stereocenters. The SMILES string of the molecule is CC[C@@H](C)NCc1csc(C)c1C. The second kappa shape index (κ2) is 4.77. The van der Waals surface area contributed by atoms with Gasteiger partial charge in [0.25, 0.3) is 0 Å². The minimum Gasteiger partial charge on any atom is -0.310 e. The summed E-state index contributed by atoms with van der Waals surface area (Å²) in [5.74, 6) is 0. The predicted octanol–water partition coefficient (Wildman–Crippen LogP) is 3.25. The molecule has 0 aliphatic carbocycles. The molecule has 1 heterocycles. The summed E-state index contributed by atoms with van der Waals surface area (Å²) in [5.41, 5.74) is 2.92. The molecule has 74 valence electrons. The van der Waals surface area contributed by atoms with Crippen LogP contribution in [-0.2, 0) is 6.54 Å². The number of hydrogen-bond acceptors (Lipinski definition) is 2. The number of rotatable bonds is 4. The van der Waals surface area contributed by atoms with Gasteiger partial charge >= 0.3 is 0 Å². The van der Waals surface area contributed by atoms with Gasteiger partial charge < -0.3 is 5.32 Å². The summed E-state index contributed by atoms with van der Waals surface area (Å²) >= 11 is 1.85. The molecule has 1 rings (SSSR count). The Bertz CT molecular complexity index is 265. The molecule has 1 aromatic rings. The molecule has 0 saturated heterocycles. The maximum atomic E-state index is 3.51. The van der Waals surface area contributed by atoms with Gasteiger partial charge in [-0.25, -0.2) is 0 Å². The minimum atomic E-state index is 0.625. The standard InChI is InChI=1S/C11H19NS/c1-5-8(2)12-6-11-7-13-10(4)9(11)3/h7-8,12H,5-6H2,1-4H3/t8-/m1/s1. The summed E-state index contributed by atoms with van der Waals surface area (Å²) in [6.07, 6.45) is 1.20. The minimum absolute atomic E-state index is 0.625. The number of hydrogen-bond donors (Lipinski definition) is 1. The Balaban J connectivity index is 2.50. The molecule has 0 bridgehead atoms. The van der Waals surface area contributed by atoms with Crippen molar-refractivity contribution in [2.24, 2.45) is 0 Å². The van der Waals surface area contributed by atoms with Crippen molar-refractivity contribution < 1.29 is 0 Å². The van der Waals surface area contributed by atoms with Crippen LogP contribution in [0.25, 0.3) is 0 Å². The summed E-state index contributed by atoms with van der Waals surface area (Å²) < 4.78 is 0. The molecule has 2 heteroatoms. The van der Waals surface area contributed by atoms with Gasteiger partial charge in [0.05, 0.1) is 0 Å². The van der Waals surface area contributed by atoms with E-state index in [1.165, 1.54) is 22.4 Å². The molecular weight excluding hydrogens is 178 g/mol. The summed E-state index contributed by atoms with van der Waals surface area (Å²) in [7, 11) is 0. The Morgan fingerprint density at radius 1 is 1.46 bits per heavy atom. The first-order valence-corrected chi connectivity index (χ1v) is 5.80. The lowest BCUT2D eigenvalue weighted by Gasteiger charge is -2.10. The highest BCUT2D eigenvalue weighted by molar-refractivity contribution is 7.10. The maximum Gasteiger partial charge on any atom is 0.0218 e. The van der Waals surface area contributed by atoms with Crippen molar-refractivity contribution >= 4 is 11.3 Å². The Kier molecular flexibility index (Phi) is 3.94. The van der Waals surface area contributed by atoms with E-state index < -0.39 is 0 Å². The quantitative estimate of drug-likeness (QED) is 0.781. The molecule has 13 heavy (non-hydrogen) atoms. The molecule has 0 saturated carbocycles. The molecule has 0 aliphatic heterocycles. The van der Waals surface area contributed by atoms with E-state index >= 15 is 0 Å². The maximum absolute atomic E-state index is 3.51. The lowest BCUT2D eigenvalue weighted by atomic mass is 10.1. The zero-order valence-corrected chi connectivity index (χ0v) is 9.79. The van der Waals surface area contributed by atoms with Crippen LogP contribution >= 0.6 is 11.3 Å². The molecule has 0 unspecified atom stereocenters. The fraction of sp³-hybridized carbons (Fsp3) is 0.636. The van der Waals surface area contributed by atoms with Crippen molar-refractivity contribution in [3.05, 3.63) is 21.4 Å². The largest absolute Gasteiger partial charge is 0.310 e. The number of nitrogens with one attached hydrogen (secondary N) is 1. The summed E-state index contributed by atoms with van der Waals surface area (Å²) in [5, 5.41) is 5.77. The third kappa shape index (κ3) is 2.82. The molecule has 0 amide bonds. The van der Waals surface area contributed by atoms with Crippen molar-refractivity contribution in [2.45, 2.75) is 46.7 Å². The van der Waals surface area contributed by atoms with E-state index in [9.17, 15) is 0 Å². The zero-order chi connectivity index (χ0) is 9.84. The van der Waals surface area contributed by atoms with Gasteiger partial charge in [-0.05, 0) is 43.7 Å². The highest BCUT2D eigenvalue weighted by Gasteiger charge is 2.04. The van der Waals surface area contributed by atoms with Crippen LogP contribution < -0.4 is 5.32 Å². The normalized spacial score (nSPS) is 13.2. The van der Waals surface area contributed by atoms with Crippen LogP contribution in [0.2, 0.25) is 0 Å². The molecule has 0 radical (unpaired) electrons. The molecule has 1 N–H and O–H groups in total. The highest BCUT2D eigenvalue weighted by atomic mass is 32.1. The van der Waals surface area contributed by atoms with E-state index in [0.717, 1.165) is 6.54 Å². The fourth-order valence-electron chi connectivity index (χ4n) is 1.17. The van der Waals surface area contributed by atoms with Crippen LogP contribution in [0.1, 0.15) is 36.3 Å². The first kappa shape index (κ1) is 10.7. The van der Waals surface area contributed by atoms with Crippen molar-refractivity contribution in [3.63, 3.8) is 0 Å². The topological polar surface area (TPSA) is 12.0 Å². The summed E-state index contributed by atoms with van der Waals surface area (Å²) in [4.78, 5) is 1.45. The van der Waals surface area contributed by atoms with Crippen LogP contribution in [0.4, 0.5) is 0 Å². The second-order valence-corrected chi connectivity index (χ2v) is 4.72. The van der Waals surface area contributed by atoms with Crippen molar-refractivity contribution in [3.8, 4) is 0 Å². The number of thiophene rings is 1. The fourth-order valence-corrected chi connectivity index (χ4v) is 2.05. The Labute approximate surface area is 85.2 Å². The third-order valence-electron chi connectivity index (χ3n) is 2.64. The van der Waals surface area contributed by atoms with Crippen molar-refractivity contribution in [1.82, 2.24) is 5.32 Å². The summed E-state index contributed by atoms with van der Waals surface area (Å²) in [6, 6.07) is 0.625. The lowest BCUT2D eigenvalue weighted by Crippen LogP contribution is -2.24. The van der Waals surface area contributed by atoms with E-state index in [0.29, 0.717) is 6.04 Å². The van der Waals surface area contributed by atoms with E-state index in [-0.39, 0.29) is 0 Å². The van der Waals surface area contributed by atoms with Gasteiger partial charge in [-0.1, -0.05) is 6.92 Å². The van der Waals surface area contributed by atoms with E-state index in [1.54, 1.807) is 0 Å². The molecule has 0 spiro atoms. The number of aryl methyl sites for hydroxylation is 1. The van der Waals surface area contributed by atoms with E-state index in [1.807, 2.05) is 11.3 Å². The van der Waals surface area contributed by atoms with Gasteiger partial charge in [0.15, 0.2) is 0 Å². The van der Waals surface area contributed by atoms with Crippen LogP contribution in [0.5, 0.6) is 0 Å². The van der Waals surface area contributed by atoms with Gasteiger partial charge in [-0.2, -0.15) is 0 Å². The van der Waals surface area contributed by atoms with Crippen LogP contribution in [0, 0.1) is 13.8 Å². The predicted molar refractivity (Wildman–Crippen MR) is 60.4 cm³/mol. The second-order valence-electron chi connectivity index (χ2n) is 3.63. The van der Waals surface area contributed by atoms with Gasteiger partial charge in [0.1, 0.15) is 0 Å². The van der Waals surface area contributed by atoms with Crippen molar-refractivity contribution in [2.75, 3.05) is 0 Å². The van der Waals surface area contributed by atoms with E-state index in [2.05, 4.69) is 38.4 Å². The Morgan fingerprint density at radius 3 is 2.62 bits per heavy atom. The average Bonchev–Trinajstić information content (AvgIpc) is 2.44. The van der Waals surface area contributed by atoms with Gasteiger partial charge in [0, 0.05) is 17.5 Å². The molecule has 0 aliphatic rings. The van der Waals surface area contributed by atoms with Crippen molar-refractivity contribution in [1.29, 1.82) is 0 Å². The van der Waals surface area contributed by atoms with Gasteiger partial charge in [-0.3, -0.25) is 0 Å². The Hall–Kier alpha value is -0.340.